The summed E-state index contributed by atoms with van der Waals surface area (Å²) >= 11 is 7.03. The number of alkyl halides is 2. The van der Waals surface area contributed by atoms with Crippen LogP contribution >= 0.6 is 31.9 Å². The smallest absolute Gasteiger partial charge is 0.408 e. The fourth-order valence-electron chi connectivity index (χ4n) is 2.98. The van der Waals surface area contributed by atoms with Gasteiger partial charge < -0.3 is 19.2 Å². The number of rotatable bonds is 6. The molecule has 0 aliphatic rings. The summed E-state index contributed by atoms with van der Waals surface area (Å²) in [5.74, 6) is -0.344. The average Bonchev–Trinajstić information content (AvgIpc) is 2.63. The number of amides is 1. The molecule has 0 radical (unpaired) electrons. The van der Waals surface area contributed by atoms with Crippen molar-refractivity contribution in [1.29, 1.82) is 0 Å². The van der Waals surface area contributed by atoms with Gasteiger partial charge in [0, 0.05) is 27.2 Å². The number of esters is 1. The first-order valence-corrected chi connectivity index (χ1v) is 11.8. The molecule has 1 heterocycles. The first-order valence-electron chi connectivity index (χ1n) is 9.80. The van der Waals surface area contributed by atoms with Crippen LogP contribution in [0.25, 0.3) is 11.0 Å². The van der Waals surface area contributed by atoms with Crippen molar-refractivity contribution in [1.82, 2.24) is 5.32 Å². The van der Waals surface area contributed by atoms with Gasteiger partial charge >= 0.3 is 17.7 Å². The summed E-state index contributed by atoms with van der Waals surface area (Å²) in [6.07, 6.45) is -0.147. The van der Waals surface area contributed by atoms with Crippen LogP contribution in [0.4, 0.5) is 4.79 Å². The van der Waals surface area contributed by atoms with Crippen LogP contribution in [-0.2, 0) is 16.0 Å². The molecular weight excluding hydrogens is 534 g/mol. The van der Waals surface area contributed by atoms with E-state index in [1.807, 2.05) is 13.0 Å². The summed E-state index contributed by atoms with van der Waals surface area (Å²) in [4.78, 5) is 36.7. The van der Waals surface area contributed by atoms with Crippen LogP contribution in [0.1, 0.15) is 44.4 Å². The Morgan fingerprint density at radius 3 is 2.45 bits per heavy atom. The lowest BCUT2D eigenvalue weighted by molar-refractivity contribution is -0.136. The molecule has 31 heavy (non-hydrogen) atoms. The van der Waals surface area contributed by atoms with Gasteiger partial charge in [-0.2, -0.15) is 0 Å². The fraction of sp³-hybridized carbons (Fsp3) is 0.500. The van der Waals surface area contributed by atoms with Crippen LogP contribution in [-0.4, -0.2) is 33.9 Å². The maximum atomic E-state index is 12.7. The van der Waals surface area contributed by atoms with Crippen LogP contribution in [0.15, 0.2) is 21.3 Å². The highest BCUT2D eigenvalue weighted by Crippen LogP contribution is 2.34. The number of fused-ring (bicyclic) bond motifs is 1. The van der Waals surface area contributed by atoms with Crippen LogP contribution in [0.3, 0.4) is 0 Å². The van der Waals surface area contributed by atoms with Crippen LogP contribution in [0, 0.1) is 13.8 Å². The lowest BCUT2D eigenvalue weighted by Gasteiger charge is -2.22. The summed E-state index contributed by atoms with van der Waals surface area (Å²) in [7, 11) is 0. The van der Waals surface area contributed by atoms with Crippen LogP contribution in [0.2, 0.25) is 0 Å². The van der Waals surface area contributed by atoms with Crippen molar-refractivity contribution in [3.05, 3.63) is 39.2 Å². The second kappa shape index (κ2) is 10.2. The Labute approximate surface area is 198 Å². The SMILES string of the molecule is Cc1cc(=O)oc2c(C)c(OC(=O)[C@H](C)NC(=O)OC(C)(C)C)c(C[C@@H](Br)CBr)cc12. The van der Waals surface area contributed by atoms with E-state index in [4.69, 9.17) is 13.9 Å². The predicted molar refractivity (Wildman–Crippen MR) is 127 cm³/mol. The third kappa shape index (κ3) is 6.80. The Bertz CT molecular complexity index is 1040. The molecule has 2 rings (SSSR count). The van der Waals surface area contributed by atoms with Gasteiger partial charge in [0.1, 0.15) is 23.0 Å². The van der Waals surface area contributed by atoms with Gasteiger partial charge in [-0.25, -0.2) is 14.4 Å². The molecule has 1 N–H and O–H groups in total. The van der Waals surface area contributed by atoms with Gasteiger partial charge in [-0.15, -0.1) is 0 Å². The zero-order valence-corrected chi connectivity index (χ0v) is 21.6. The fourth-order valence-corrected chi connectivity index (χ4v) is 3.56. The normalized spacial score (nSPS) is 13.5. The van der Waals surface area contributed by atoms with Gasteiger partial charge in [-0.1, -0.05) is 31.9 Å². The van der Waals surface area contributed by atoms with Crippen molar-refractivity contribution in [2.24, 2.45) is 0 Å². The Morgan fingerprint density at radius 1 is 1.23 bits per heavy atom. The molecule has 170 valence electrons. The zero-order valence-electron chi connectivity index (χ0n) is 18.4. The lowest BCUT2D eigenvalue weighted by atomic mass is 9.99. The molecule has 0 fully saturated rings. The van der Waals surface area contributed by atoms with E-state index in [0.717, 1.165) is 16.5 Å². The topological polar surface area (TPSA) is 94.8 Å². The predicted octanol–water partition coefficient (Wildman–Crippen LogP) is 4.93. The highest BCUT2D eigenvalue weighted by atomic mass is 79.9. The highest BCUT2D eigenvalue weighted by molar-refractivity contribution is 9.12. The summed E-state index contributed by atoms with van der Waals surface area (Å²) in [6.45, 7) is 10.3. The summed E-state index contributed by atoms with van der Waals surface area (Å²) in [5, 5.41) is 3.95. The van der Waals surface area contributed by atoms with Crippen molar-refractivity contribution in [3.8, 4) is 5.75 Å². The molecule has 1 amide bonds. The zero-order chi connectivity index (χ0) is 23.5. The molecule has 1 aromatic carbocycles. The van der Waals surface area contributed by atoms with Gasteiger partial charge in [-0.3, -0.25) is 0 Å². The molecule has 7 nitrogen and oxygen atoms in total. The largest absolute Gasteiger partial charge is 0.444 e. The second-order valence-corrected chi connectivity index (χ2v) is 10.3. The first kappa shape index (κ1) is 25.4. The molecule has 2 aromatic rings. The molecule has 0 spiro atoms. The number of nitrogens with one attached hydrogen (secondary N) is 1. The molecular formula is C22H27Br2NO6. The number of carbonyl (C=O) groups excluding carboxylic acids is 2. The molecule has 0 saturated heterocycles. The molecule has 2 atom stereocenters. The molecule has 0 unspecified atom stereocenters. The van der Waals surface area contributed by atoms with Crippen molar-refractivity contribution in [3.63, 3.8) is 0 Å². The average molecular weight is 561 g/mol. The Kier molecular flexibility index (Phi) is 8.33. The van der Waals surface area contributed by atoms with Crippen molar-refractivity contribution >= 4 is 54.9 Å². The molecule has 0 saturated carbocycles. The second-order valence-electron chi connectivity index (χ2n) is 8.36. The maximum Gasteiger partial charge on any atom is 0.408 e. The number of hydrogen-bond donors (Lipinski definition) is 1. The van der Waals surface area contributed by atoms with E-state index in [2.05, 4.69) is 37.2 Å². The van der Waals surface area contributed by atoms with Gasteiger partial charge in [0.25, 0.3) is 0 Å². The third-order valence-electron chi connectivity index (χ3n) is 4.40. The first-order chi connectivity index (χ1) is 14.3. The Morgan fingerprint density at radius 2 is 1.87 bits per heavy atom. The maximum absolute atomic E-state index is 12.7. The van der Waals surface area contributed by atoms with Gasteiger partial charge in [0.2, 0.25) is 0 Å². The van der Waals surface area contributed by atoms with E-state index in [1.165, 1.54) is 13.0 Å². The van der Waals surface area contributed by atoms with Crippen molar-refractivity contribution < 1.29 is 23.5 Å². The van der Waals surface area contributed by atoms with E-state index in [0.29, 0.717) is 28.6 Å². The molecule has 9 heteroatoms. The van der Waals surface area contributed by atoms with Gasteiger partial charge in [0.05, 0.1) is 0 Å². The highest BCUT2D eigenvalue weighted by Gasteiger charge is 2.25. The van der Waals surface area contributed by atoms with E-state index in [9.17, 15) is 14.4 Å². The number of alkyl carbamates (subject to hydrolysis) is 1. The molecule has 0 aliphatic carbocycles. The van der Waals surface area contributed by atoms with E-state index in [-0.39, 0.29) is 4.83 Å². The summed E-state index contributed by atoms with van der Waals surface area (Å²) < 4.78 is 16.3. The monoisotopic (exact) mass is 559 g/mol. The molecule has 0 aliphatic heterocycles. The minimum Gasteiger partial charge on any atom is -0.444 e. The number of hydrogen-bond acceptors (Lipinski definition) is 6. The number of ether oxygens (including phenoxy) is 2. The number of carbonyl (C=O) groups is 2. The standard InChI is InChI=1S/C22H27Br2NO6/c1-11-7-17(26)29-19-12(2)18(14(9-16(11)19)8-15(24)10-23)30-20(27)13(3)25-21(28)31-22(4,5)6/h7,9,13,15H,8,10H2,1-6H3,(H,25,28)/t13-,15+/m0/s1. The van der Waals surface area contributed by atoms with E-state index >= 15 is 0 Å². The Balaban J connectivity index is 2.41. The molecule has 1 aromatic heterocycles. The third-order valence-corrected chi connectivity index (χ3v) is 6.69. The molecule has 0 bridgehead atoms. The van der Waals surface area contributed by atoms with Crippen molar-refractivity contribution in [2.75, 3.05) is 5.33 Å². The minimum atomic E-state index is -0.946. The van der Waals surface area contributed by atoms with Crippen LogP contribution < -0.4 is 15.7 Å². The van der Waals surface area contributed by atoms with Crippen molar-refractivity contribution in [2.45, 2.75) is 64.4 Å². The Hall–Kier alpha value is -1.87. The van der Waals surface area contributed by atoms with E-state index in [1.54, 1.807) is 27.7 Å². The van der Waals surface area contributed by atoms with Gasteiger partial charge in [0.15, 0.2) is 0 Å². The number of halogens is 2. The number of benzene rings is 1. The van der Waals surface area contributed by atoms with E-state index < -0.39 is 29.3 Å². The van der Waals surface area contributed by atoms with Crippen LogP contribution in [0.5, 0.6) is 5.75 Å². The minimum absolute atomic E-state index is 0.0927. The quantitative estimate of drug-likeness (QED) is 0.233. The summed E-state index contributed by atoms with van der Waals surface area (Å²) in [5.41, 5.74) is 1.30. The van der Waals surface area contributed by atoms with Gasteiger partial charge in [-0.05, 0) is 65.2 Å². The number of aryl methyl sites for hydroxylation is 2. The lowest BCUT2D eigenvalue weighted by Crippen LogP contribution is -2.43. The summed E-state index contributed by atoms with van der Waals surface area (Å²) in [6, 6.07) is 2.35.